The third kappa shape index (κ3) is 10.7. The lowest BCUT2D eigenvalue weighted by atomic mass is 10.1. The van der Waals surface area contributed by atoms with Crippen molar-refractivity contribution >= 4 is 90.1 Å². The molecular formula is C84H64N6. The summed E-state index contributed by atoms with van der Waals surface area (Å²) in [7, 11) is 0. The minimum Gasteiger partial charge on any atom is -0.311 e. The van der Waals surface area contributed by atoms with Crippen LogP contribution in [0.4, 0.5) is 68.2 Å². The molecule has 0 aliphatic heterocycles. The quantitative estimate of drug-likeness (QED) is 0.0962. The van der Waals surface area contributed by atoms with Crippen molar-refractivity contribution in [3.63, 3.8) is 0 Å². The Bertz CT molecular complexity index is 4480. The average molecular weight is 1160 g/mol. The first-order chi connectivity index (χ1) is 44.5. The summed E-state index contributed by atoms with van der Waals surface area (Å²) in [5.74, 6) is 0. The van der Waals surface area contributed by atoms with Crippen LogP contribution in [-0.4, -0.2) is 9.13 Å². The van der Waals surface area contributed by atoms with Gasteiger partial charge >= 0.3 is 0 Å². The zero-order chi connectivity index (χ0) is 60.3. The number of hydrogen-bond donors (Lipinski definition) is 0. The highest BCUT2D eigenvalue weighted by Crippen LogP contribution is 2.44. The van der Waals surface area contributed by atoms with Crippen LogP contribution in [0.15, 0.2) is 352 Å². The summed E-state index contributed by atoms with van der Waals surface area (Å²) < 4.78 is 4.88. The fraction of sp³-hybridized carbons (Fsp3) is 0.0238. The van der Waals surface area contributed by atoms with E-state index in [1.54, 1.807) is 0 Å². The number of aromatic nitrogens is 2. The third-order valence-electron chi connectivity index (χ3n) is 17.0. The third-order valence-corrected chi connectivity index (χ3v) is 17.0. The van der Waals surface area contributed by atoms with Crippen LogP contribution in [0.1, 0.15) is 11.1 Å². The second-order valence-electron chi connectivity index (χ2n) is 22.9. The van der Waals surface area contributed by atoms with Gasteiger partial charge in [-0.25, -0.2) is 0 Å². The van der Waals surface area contributed by atoms with Gasteiger partial charge in [0.25, 0.3) is 0 Å². The molecule has 0 fully saturated rings. The molecular weight excluding hydrogens is 1090 g/mol. The van der Waals surface area contributed by atoms with Crippen molar-refractivity contribution in [1.82, 2.24) is 9.13 Å². The Balaban J connectivity index is 0.817. The molecule has 6 heteroatoms. The first-order valence-corrected chi connectivity index (χ1v) is 30.7. The number of nitrogens with zero attached hydrogens (tertiary/aromatic N) is 6. The van der Waals surface area contributed by atoms with Crippen molar-refractivity contribution in [3.8, 4) is 33.9 Å². The number of para-hydroxylation sites is 6. The van der Waals surface area contributed by atoms with Crippen molar-refractivity contribution < 1.29 is 0 Å². The van der Waals surface area contributed by atoms with Crippen LogP contribution in [0.2, 0.25) is 0 Å². The van der Waals surface area contributed by atoms with E-state index in [-0.39, 0.29) is 0 Å². The minimum atomic E-state index is 1.06. The Hall–Kier alpha value is -11.9. The zero-order valence-corrected chi connectivity index (χ0v) is 50.2. The van der Waals surface area contributed by atoms with Crippen LogP contribution < -0.4 is 19.6 Å². The van der Waals surface area contributed by atoms with Gasteiger partial charge in [-0.2, -0.15) is 0 Å². The van der Waals surface area contributed by atoms with E-state index in [2.05, 4.69) is 394 Å². The molecule has 0 unspecified atom stereocenters. The summed E-state index contributed by atoms with van der Waals surface area (Å²) in [6, 6.07) is 127. The van der Waals surface area contributed by atoms with E-state index in [9.17, 15) is 0 Å². The molecule has 13 aromatic carbocycles. The van der Waals surface area contributed by atoms with Crippen LogP contribution in [-0.2, 0) is 0 Å². The molecule has 6 nitrogen and oxygen atoms in total. The molecule has 0 radical (unpaired) electrons. The van der Waals surface area contributed by atoms with Crippen LogP contribution >= 0.6 is 0 Å². The van der Waals surface area contributed by atoms with E-state index < -0.39 is 0 Å². The van der Waals surface area contributed by atoms with Gasteiger partial charge in [-0.1, -0.05) is 169 Å². The molecule has 0 saturated heterocycles. The predicted molar refractivity (Wildman–Crippen MR) is 379 cm³/mol. The fourth-order valence-electron chi connectivity index (χ4n) is 12.6. The molecule has 15 aromatic rings. The molecule has 430 valence electrons. The smallest absolute Gasteiger partial charge is 0.0542 e. The molecule has 0 aliphatic carbocycles. The molecule has 2 heterocycles. The van der Waals surface area contributed by atoms with Crippen molar-refractivity contribution in [2.75, 3.05) is 19.6 Å². The molecule has 0 aliphatic rings. The van der Waals surface area contributed by atoms with Crippen molar-refractivity contribution in [3.05, 3.63) is 363 Å². The topological polar surface area (TPSA) is 22.8 Å². The molecule has 0 spiro atoms. The van der Waals surface area contributed by atoms with Gasteiger partial charge in [0.05, 0.1) is 22.4 Å². The number of aryl methyl sites for hydroxylation is 2. The molecule has 0 atom stereocenters. The van der Waals surface area contributed by atoms with Gasteiger partial charge in [0.15, 0.2) is 0 Å². The maximum absolute atomic E-state index is 2.44. The van der Waals surface area contributed by atoms with E-state index in [0.717, 1.165) is 124 Å². The number of fused-ring (bicyclic) bond motifs is 2. The molecule has 0 saturated carbocycles. The first-order valence-electron chi connectivity index (χ1n) is 30.7. The predicted octanol–water partition coefficient (Wildman–Crippen LogP) is 23.4. The molecule has 2 aromatic heterocycles. The van der Waals surface area contributed by atoms with Gasteiger partial charge in [-0.3, -0.25) is 0 Å². The zero-order valence-electron chi connectivity index (χ0n) is 50.2. The standard InChI is InChI=1S/C84H64N6/c1-61-33-37-63(38-34-61)81-57-65-59-84-66(60-83(65)89(81)79-53-49-77(50-54-79)87(71-29-17-7-18-30-71)75-45-41-73(42-46-75)85(67-21-9-3-10-22-67)68-23-11-4-12-24-68)58-82(64-39-35-62(2)36-40-64)90(84)80-55-51-78(52-56-80)88(72-31-19-8-20-32-72)76-47-43-74(44-48-76)86(69-25-13-5-14-26-69)70-27-15-6-16-28-70/h3-60H,1-2H3. The first kappa shape index (κ1) is 54.8. The van der Waals surface area contributed by atoms with E-state index in [0.29, 0.717) is 0 Å². The SMILES string of the molecule is Cc1ccc(-c2cc3cc4c(cc(-c5ccc(C)cc5)n4-c4ccc(N(c5ccccc5)c5ccc(N(c6ccccc6)c6ccccc6)cc5)cc4)cc3n2-c2ccc(N(c3ccccc3)c3ccc(N(c4ccccc4)c4ccccc4)cc3)cc2)cc1. The number of anilines is 12. The monoisotopic (exact) mass is 1160 g/mol. The second-order valence-corrected chi connectivity index (χ2v) is 22.9. The number of rotatable bonds is 16. The number of benzene rings is 13. The summed E-state index contributed by atoms with van der Waals surface area (Å²) in [4.78, 5) is 9.28. The van der Waals surface area contributed by atoms with Crippen LogP contribution in [0, 0.1) is 13.8 Å². The normalized spacial score (nSPS) is 11.2. The van der Waals surface area contributed by atoms with Crippen LogP contribution in [0.3, 0.4) is 0 Å². The molecule has 0 amide bonds. The summed E-state index contributed by atoms with van der Waals surface area (Å²) in [5.41, 5.74) is 24.4. The van der Waals surface area contributed by atoms with Crippen molar-refractivity contribution in [2.24, 2.45) is 0 Å². The Labute approximate surface area is 526 Å². The van der Waals surface area contributed by atoms with Gasteiger partial charge in [0.2, 0.25) is 0 Å². The van der Waals surface area contributed by atoms with E-state index in [4.69, 9.17) is 0 Å². The minimum absolute atomic E-state index is 1.06. The van der Waals surface area contributed by atoms with Gasteiger partial charge in [-0.05, 0) is 219 Å². The van der Waals surface area contributed by atoms with E-state index in [1.165, 1.54) is 11.1 Å². The summed E-state index contributed by atoms with van der Waals surface area (Å²) in [6.07, 6.45) is 0. The Morgan fingerprint density at radius 1 is 0.200 bits per heavy atom. The second kappa shape index (κ2) is 24.1. The van der Waals surface area contributed by atoms with E-state index in [1.807, 2.05) is 0 Å². The fourth-order valence-corrected chi connectivity index (χ4v) is 12.6. The summed E-state index contributed by atoms with van der Waals surface area (Å²) >= 11 is 0. The largest absolute Gasteiger partial charge is 0.311 e. The molecule has 0 N–H and O–H groups in total. The highest BCUT2D eigenvalue weighted by atomic mass is 15.2. The molecule has 90 heavy (non-hydrogen) atoms. The van der Waals surface area contributed by atoms with Gasteiger partial charge in [0.1, 0.15) is 0 Å². The lowest BCUT2D eigenvalue weighted by Crippen LogP contribution is -2.12. The molecule has 0 bridgehead atoms. The lowest BCUT2D eigenvalue weighted by Gasteiger charge is -2.28. The van der Waals surface area contributed by atoms with E-state index >= 15 is 0 Å². The Morgan fingerprint density at radius 2 is 0.400 bits per heavy atom. The highest BCUT2D eigenvalue weighted by Gasteiger charge is 2.22. The summed E-state index contributed by atoms with van der Waals surface area (Å²) in [5, 5.41) is 2.30. The van der Waals surface area contributed by atoms with Gasteiger partial charge in [0, 0.05) is 90.4 Å². The lowest BCUT2D eigenvalue weighted by molar-refractivity contribution is 1.13. The maximum Gasteiger partial charge on any atom is 0.0542 e. The maximum atomic E-state index is 2.44. The molecule has 15 rings (SSSR count). The number of hydrogen-bond acceptors (Lipinski definition) is 4. The van der Waals surface area contributed by atoms with Crippen LogP contribution in [0.25, 0.3) is 55.7 Å². The van der Waals surface area contributed by atoms with Gasteiger partial charge < -0.3 is 28.7 Å². The Kier molecular flexibility index (Phi) is 14.7. The summed E-state index contributed by atoms with van der Waals surface area (Å²) in [6.45, 7) is 4.30. The van der Waals surface area contributed by atoms with Gasteiger partial charge in [-0.15, -0.1) is 0 Å². The Morgan fingerprint density at radius 3 is 0.622 bits per heavy atom. The van der Waals surface area contributed by atoms with Crippen molar-refractivity contribution in [1.29, 1.82) is 0 Å². The van der Waals surface area contributed by atoms with Crippen molar-refractivity contribution in [2.45, 2.75) is 13.8 Å². The highest BCUT2D eigenvalue weighted by molar-refractivity contribution is 6.02. The van der Waals surface area contributed by atoms with Crippen LogP contribution in [0.5, 0.6) is 0 Å². The average Bonchev–Trinajstić information content (AvgIpc) is 2.95.